The quantitative estimate of drug-likeness (QED) is 0.766. The molecule has 7 nitrogen and oxygen atoms in total. The lowest BCUT2D eigenvalue weighted by Crippen LogP contribution is -2.71. The van der Waals surface area contributed by atoms with Crippen molar-refractivity contribution in [2.75, 3.05) is 19.6 Å². The molecule has 3 atom stereocenters. The van der Waals surface area contributed by atoms with Crippen molar-refractivity contribution in [2.45, 2.75) is 32.0 Å². The van der Waals surface area contributed by atoms with Crippen molar-refractivity contribution in [1.82, 2.24) is 15.1 Å². The minimum atomic E-state index is -0.949. The molecular formula is C17H21N3O4. The average Bonchev–Trinajstić information content (AvgIpc) is 2.57. The number of aliphatic hydroxyl groups excluding tert-OH is 1. The number of hydrogen-bond donors (Lipinski definition) is 2. The summed E-state index contributed by atoms with van der Waals surface area (Å²) in [6, 6.07) is 5.66. The molecule has 0 unspecified atom stereocenters. The van der Waals surface area contributed by atoms with Crippen LogP contribution in [0.25, 0.3) is 0 Å². The van der Waals surface area contributed by atoms with E-state index < -0.39 is 18.2 Å². The lowest BCUT2D eigenvalue weighted by Gasteiger charge is -2.45. The summed E-state index contributed by atoms with van der Waals surface area (Å²) in [5.74, 6) is -0.772. The molecule has 24 heavy (non-hydrogen) atoms. The number of piperazine rings is 2. The van der Waals surface area contributed by atoms with Gasteiger partial charge in [-0.15, -0.1) is 0 Å². The molecule has 0 aliphatic carbocycles. The summed E-state index contributed by atoms with van der Waals surface area (Å²) in [6.07, 6.45) is -0.949. The van der Waals surface area contributed by atoms with E-state index in [4.69, 9.17) is 0 Å². The summed E-state index contributed by atoms with van der Waals surface area (Å²) < 4.78 is 0. The van der Waals surface area contributed by atoms with E-state index in [0.717, 1.165) is 5.56 Å². The first-order chi connectivity index (χ1) is 11.4. The second-order valence-corrected chi connectivity index (χ2v) is 6.39. The maximum absolute atomic E-state index is 12.6. The predicted molar refractivity (Wildman–Crippen MR) is 86.2 cm³/mol. The average molecular weight is 331 g/mol. The van der Waals surface area contributed by atoms with Crippen LogP contribution in [0, 0.1) is 6.92 Å². The Bertz CT molecular complexity index is 671. The highest BCUT2D eigenvalue weighted by Crippen LogP contribution is 2.19. The van der Waals surface area contributed by atoms with E-state index in [1.807, 2.05) is 19.1 Å². The smallest absolute Gasteiger partial charge is 0.253 e. The molecule has 1 aromatic carbocycles. The first-order valence-electron chi connectivity index (χ1n) is 8.03. The predicted octanol–water partition coefficient (Wildman–Crippen LogP) is -0.473. The molecule has 0 bridgehead atoms. The van der Waals surface area contributed by atoms with Gasteiger partial charge in [-0.3, -0.25) is 14.4 Å². The van der Waals surface area contributed by atoms with Gasteiger partial charge < -0.3 is 20.2 Å². The standard InChI is InChI=1S/C17H21N3O4/c1-10-3-5-12(6-4-10)16(23)19-7-8-20-13(9-19)15(22)18-14(11(2)21)17(20)24/h3-6,11,13-14,21H,7-9H2,1-2H3,(H,18,22)/t11-,13+,14+/m0/s1. The van der Waals surface area contributed by atoms with Crippen LogP contribution >= 0.6 is 0 Å². The first kappa shape index (κ1) is 16.4. The number of aryl methyl sites for hydroxylation is 1. The van der Waals surface area contributed by atoms with Gasteiger partial charge in [-0.25, -0.2) is 0 Å². The number of nitrogens with one attached hydrogen (secondary N) is 1. The molecule has 128 valence electrons. The molecule has 3 amide bonds. The fourth-order valence-electron chi connectivity index (χ4n) is 3.15. The van der Waals surface area contributed by atoms with Crippen molar-refractivity contribution in [2.24, 2.45) is 0 Å². The molecule has 1 aromatic rings. The summed E-state index contributed by atoms with van der Waals surface area (Å²) in [6.45, 7) is 4.24. The third kappa shape index (κ3) is 2.87. The normalized spacial score (nSPS) is 25.1. The maximum atomic E-state index is 12.6. The third-order valence-electron chi connectivity index (χ3n) is 4.60. The first-order valence-corrected chi connectivity index (χ1v) is 8.03. The Kier molecular flexibility index (Phi) is 4.28. The Morgan fingerprint density at radius 3 is 2.54 bits per heavy atom. The Hall–Kier alpha value is -2.41. The van der Waals surface area contributed by atoms with Gasteiger partial charge in [0.05, 0.1) is 12.6 Å². The fourth-order valence-corrected chi connectivity index (χ4v) is 3.15. The molecule has 0 saturated carbocycles. The number of aliphatic hydroxyl groups is 1. The number of nitrogens with zero attached hydrogens (tertiary/aromatic N) is 2. The van der Waals surface area contributed by atoms with Crippen LogP contribution in [-0.4, -0.2) is 70.4 Å². The van der Waals surface area contributed by atoms with Crippen molar-refractivity contribution >= 4 is 17.7 Å². The van der Waals surface area contributed by atoms with Gasteiger partial charge in [0.1, 0.15) is 12.1 Å². The number of carbonyl (C=O) groups excluding carboxylic acids is 3. The lowest BCUT2D eigenvalue weighted by molar-refractivity contribution is -0.155. The van der Waals surface area contributed by atoms with Gasteiger partial charge in [-0.2, -0.15) is 0 Å². The van der Waals surface area contributed by atoms with Crippen molar-refractivity contribution in [3.8, 4) is 0 Å². The summed E-state index contributed by atoms with van der Waals surface area (Å²) in [5.41, 5.74) is 1.64. The molecule has 3 rings (SSSR count). The molecule has 7 heteroatoms. The highest BCUT2D eigenvalue weighted by molar-refractivity contribution is 5.99. The summed E-state index contributed by atoms with van der Waals surface area (Å²) in [4.78, 5) is 40.3. The van der Waals surface area contributed by atoms with Crippen LogP contribution in [0.15, 0.2) is 24.3 Å². The second-order valence-electron chi connectivity index (χ2n) is 6.39. The van der Waals surface area contributed by atoms with Crippen molar-refractivity contribution in [3.05, 3.63) is 35.4 Å². The van der Waals surface area contributed by atoms with E-state index in [1.165, 1.54) is 11.8 Å². The van der Waals surface area contributed by atoms with Gasteiger partial charge >= 0.3 is 0 Å². The largest absolute Gasteiger partial charge is 0.391 e. The third-order valence-corrected chi connectivity index (χ3v) is 4.60. The van der Waals surface area contributed by atoms with Crippen LogP contribution in [0.4, 0.5) is 0 Å². The van der Waals surface area contributed by atoms with E-state index in [0.29, 0.717) is 12.1 Å². The summed E-state index contributed by atoms with van der Waals surface area (Å²) >= 11 is 0. The van der Waals surface area contributed by atoms with Gasteiger partial charge in [-0.05, 0) is 26.0 Å². The van der Waals surface area contributed by atoms with Crippen molar-refractivity contribution in [1.29, 1.82) is 0 Å². The Morgan fingerprint density at radius 2 is 1.92 bits per heavy atom. The summed E-state index contributed by atoms with van der Waals surface area (Å²) in [5, 5.41) is 12.2. The van der Waals surface area contributed by atoms with Gasteiger partial charge in [-0.1, -0.05) is 17.7 Å². The van der Waals surface area contributed by atoms with Crippen LogP contribution in [0.3, 0.4) is 0 Å². The maximum Gasteiger partial charge on any atom is 0.253 e. The zero-order chi connectivity index (χ0) is 17.4. The van der Waals surface area contributed by atoms with Gasteiger partial charge in [0.2, 0.25) is 11.8 Å². The highest BCUT2D eigenvalue weighted by atomic mass is 16.3. The molecular weight excluding hydrogens is 310 g/mol. The van der Waals surface area contributed by atoms with E-state index in [2.05, 4.69) is 5.32 Å². The van der Waals surface area contributed by atoms with E-state index in [9.17, 15) is 19.5 Å². The highest BCUT2D eigenvalue weighted by Gasteiger charge is 2.45. The van der Waals surface area contributed by atoms with Crippen molar-refractivity contribution < 1.29 is 19.5 Å². The van der Waals surface area contributed by atoms with Crippen molar-refractivity contribution in [3.63, 3.8) is 0 Å². The van der Waals surface area contributed by atoms with Crippen LogP contribution in [0.5, 0.6) is 0 Å². The van der Waals surface area contributed by atoms with Gasteiger partial charge in [0, 0.05) is 18.7 Å². The van der Waals surface area contributed by atoms with E-state index in [-0.39, 0.29) is 30.8 Å². The summed E-state index contributed by atoms with van der Waals surface area (Å²) in [7, 11) is 0. The van der Waals surface area contributed by atoms with Gasteiger partial charge in [0.15, 0.2) is 0 Å². The lowest BCUT2D eigenvalue weighted by atomic mass is 10.0. The molecule has 2 aliphatic heterocycles. The van der Waals surface area contributed by atoms with E-state index >= 15 is 0 Å². The number of fused-ring (bicyclic) bond motifs is 1. The molecule has 0 aromatic heterocycles. The van der Waals surface area contributed by atoms with Crippen LogP contribution < -0.4 is 5.32 Å². The second kappa shape index (κ2) is 6.24. The Labute approximate surface area is 140 Å². The Balaban J connectivity index is 1.75. The molecule has 0 spiro atoms. The van der Waals surface area contributed by atoms with E-state index in [1.54, 1.807) is 17.0 Å². The molecule has 2 aliphatic rings. The number of carbonyl (C=O) groups is 3. The van der Waals surface area contributed by atoms with Crippen LogP contribution in [-0.2, 0) is 9.59 Å². The molecule has 2 N–H and O–H groups in total. The monoisotopic (exact) mass is 331 g/mol. The van der Waals surface area contributed by atoms with Crippen LogP contribution in [0.1, 0.15) is 22.8 Å². The number of amides is 3. The van der Waals surface area contributed by atoms with Crippen LogP contribution in [0.2, 0.25) is 0 Å². The minimum absolute atomic E-state index is 0.146. The fraction of sp³-hybridized carbons (Fsp3) is 0.471. The molecule has 2 heterocycles. The topological polar surface area (TPSA) is 90.0 Å². The zero-order valence-electron chi connectivity index (χ0n) is 13.7. The zero-order valence-corrected chi connectivity index (χ0v) is 13.7. The molecule has 2 fully saturated rings. The number of benzene rings is 1. The molecule has 0 radical (unpaired) electrons. The number of rotatable bonds is 2. The Morgan fingerprint density at radius 1 is 1.25 bits per heavy atom. The molecule has 2 saturated heterocycles. The SMILES string of the molecule is Cc1ccc(C(=O)N2CCN3C(=O)[C@@H]([C@H](C)O)NC(=O)[C@H]3C2)cc1. The van der Waals surface area contributed by atoms with Gasteiger partial charge in [0.25, 0.3) is 5.91 Å². The minimum Gasteiger partial charge on any atom is -0.391 e. The number of hydrogen-bond acceptors (Lipinski definition) is 4.